The van der Waals surface area contributed by atoms with Gasteiger partial charge in [-0.15, -0.1) is 0 Å². The van der Waals surface area contributed by atoms with E-state index in [1.54, 1.807) is 0 Å². The molecule has 1 saturated carbocycles. The number of nitrogens with one attached hydrogen (secondary N) is 1. The molecule has 0 spiro atoms. The highest BCUT2D eigenvalue weighted by Gasteiger charge is 2.39. The molecule has 4 nitrogen and oxygen atoms in total. The van der Waals surface area contributed by atoms with E-state index in [0.29, 0.717) is 11.5 Å². The minimum absolute atomic E-state index is 0.140. The molecule has 0 aromatic heterocycles. The molecule has 3 N–H and O–H groups in total. The molecule has 0 saturated heterocycles. The third-order valence-electron chi connectivity index (χ3n) is 3.57. The van der Waals surface area contributed by atoms with Crippen molar-refractivity contribution in [3.8, 4) is 11.5 Å². The minimum atomic E-state index is -0.284. The second-order valence-electron chi connectivity index (χ2n) is 5.04. The molecule has 102 valence electrons. The summed E-state index contributed by atoms with van der Waals surface area (Å²) < 4.78 is 0. The Kier molecular flexibility index (Phi) is 3.06. The van der Waals surface area contributed by atoms with Gasteiger partial charge in [0.1, 0.15) is 0 Å². The van der Waals surface area contributed by atoms with Gasteiger partial charge in [-0.05, 0) is 30.2 Å². The van der Waals surface area contributed by atoms with Crippen molar-refractivity contribution in [2.75, 3.05) is 0 Å². The number of hydrogen-bond acceptors (Lipinski definition) is 3. The van der Waals surface area contributed by atoms with E-state index >= 15 is 0 Å². The fraction of sp³-hybridized carbons (Fsp3) is 0.188. The third kappa shape index (κ3) is 2.45. The van der Waals surface area contributed by atoms with Crippen molar-refractivity contribution in [1.29, 1.82) is 0 Å². The number of hydrogen-bond donors (Lipinski definition) is 3. The zero-order chi connectivity index (χ0) is 14.1. The first kappa shape index (κ1) is 12.5. The summed E-state index contributed by atoms with van der Waals surface area (Å²) in [7, 11) is 0. The second kappa shape index (κ2) is 4.89. The first-order valence-electron chi connectivity index (χ1n) is 6.53. The van der Waals surface area contributed by atoms with Gasteiger partial charge in [0.25, 0.3) is 5.91 Å². The second-order valence-corrected chi connectivity index (χ2v) is 5.04. The maximum Gasteiger partial charge on any atom is 0.251 e. The molecule has 2 atom stereocenters. The van der Waals surface area contributed by atoms with Crippen LogP contribution in [0.4, 0.5) is 0 Å². The predicted octanol–water partition coefficient (Wildman–Crippen LogP) is 2.38. The Bertz CT molecular complexity index is 639. The molecular formula is C16H15NO3. The number of phenolic OH excluding ortho intramolecular Hbond substituents is 2. The lowest BCUT2D eigenvalue weighted by molar-refractivity contribution is 0.0950. The van der Waals surface area contributed by atoms with Crippen LogP contribution in [0.15, 0.2) is 48.5 Å². The fourth-order valence-corrected chi connectivity index (χ4v) is 2.34. The van der Waals surface area contributed by atoms with Gasteiger partial charge in [-0.25, -0.2) is 0 Å². The normalized spacial score (nSPS) is 20.4. The largest absolute Gasteiger partial charge is 0.504 e. The maximum atomic E-state index is 12.0. The van der Waals surface area contributed by atoms with Crippen LogP contribution in [0.1, 0.15) is 28.3 Å². The molecule has 0 heterocycles. The lowest BCUT2D eigenvalue weighted by atomic mass is 10.1. The zero-order valence-electron chi connectivity index (χ0n) is 10.8. The molecule has 3 rings (SSSR count). The van der Waals surface area contributed by atoms with Crippen molar-refractivity contribution in [2.45, 2.75) is 18.4 Å². The predicted molar refractivity (Wildman–Crippen MR) is 74.8 cm³/mol. The van der Waals surface area contributed by atoms with Crippen LogP contribution in [-0.4, -0.2) is 22.2 Å². The summed E-state index contributed by atoms with van der Waals surface area (Å²) in [5, 5.41) is 21.6. The summed E-state index contributed by atoms with van der Waals surface area (Å²) in [6.45, 7) is 0. The summed E-state index contributed by atoms with van der Waals surface area (Å²) in [5.74, 6) is -0.377. The van der Waals surface area contributed by atoms with E-state index in [9.17, 15) is 15.0 Å². The van der Waals surface area contributed by atoms with Crippen LogP contribution in [-0.2, 0) is 0 Å². The average Bonchev–Trinajstić information content (AvgIpc) is 3.22. The van der Waals surface area contributed by atoms with Gasteiger partial charge in [-0.2, -0.15) is 0 Å². The Labute approximate surface area is 116 Å². The smallest absolute Gasteiger partial charge is 0.251 e. The van der Waals surface area contributed by atoms with Crippen LogP contribution < -0.4 is 5.32 Å². The van der Waals surface area contributed by atoms with E-state index in [1.807, 2.05) is 18.2 Å². The molecule has 4 heteroatoms. The molecular weight excluding hydrogens is 254 g/mol. The zero-order valence-corrected chi connectivity index (χ0v) is 10.8. The lowest BCUT2D eigenvalue weighted by Crippen LogP contribution is -2.26. The van der Waals surface area contributed by atoms with Crippen molar-refractivity contribution in [2.24, 2.45) is 0 Å². The van der Waals surface area contributed by atoms with Gasteiger partial charge < -0.3 is 15.5 Å². The summed E-state index contributed by atoms with van der Waals surface area (Å²) in [5.41, 5.74) is 1.57. The number of rotatable bonds is 3. The summed E-state index contributed by atoms with van der Waals surface area (Å²) in [6.07, 6.45) is 0.930. The number of phenols is 2. The van der Waals surface area contributed by atoms with E-state index in [1.165, 1.54) is 23.8 Å². The van der Waals surface area contributed by atoms with Crippen LogP contribution in [0.2, 0.25) is 0 Å². The van der Waals surface area contributed by atoms with Crippen LogP contribution in [0.25, 0.3) is 0 Å². The minimum Gasteiger partial charge on any atom is -0.504 e. The maximum absolute atomic E-state index is 12.0. The van der Waals surface area contributed by atoms with Gasteiger partial charge in [0.05, 0.1) is 0 Å². The van der Waals surface area contributed by atoms with Crippen molar-refractivity contribution in [3.63, 3.8) is 0 Å². The Morgan fingerprint density at radius 3 is 2.50 bits per heavy atom. The van der Waals surface area contributed by atoms with Gasteiger partial charge in [0.2, 0.25) is 0 Å². The van der Waals surface area contributed by atoms with Crippen LogP contribution in [0.3, 0.4) is 0 Å². The number of carbonyl (C=O) groups is 1. The quantitative estimate of drug-likeness (QED) is 0.749. The topological polar surface area (TPSA) is 69.6 Å². The molecule has 1 aliphatic carbocycles. The molecule has 2 aromatic carbocycles. The van der Waals surface area contributed by atoms with Crippen molar-refractivity contribution >= 4 is 5.91 Å². The van der Waals surface area contributed by atoms with E-state index in [0.717, 1.165) is 6.42 Å². The van der Waals surface area contributed by atoms with Gasteiger partial charge in [-0.3, -0.25) is 4.79 Å². The highest BCUT2D eigenvalue weighted by atomic mass is 16.3. The SMILES string of the molecule is O=C(NC1CC1c1ccccc1)c1ccc(O)c(O)c1. The molecule has 2 unspecified atom stereocenters. The molecule has 0 aliphatic heterocycles. The molecule has 1 aliphatic rings. The number of amides is 1. The van der Waals surface area contributed by atoms with Crippen LogP contribution in [0, 0.1) is 0 Å². The van der Waals surface area contributed by atoms with Gasteiger partial charge in [0.15, 0.2) is 11.5 Å². The fourth-order valence-electron chi connectivity index (χ4n) is 2.34. The van der Waals surface area contributed by atoms with Crippen molar-refractivity contribution < 1.29 is 15.0 Å². The first-order chi connectivity index (χ1) is 9.65. The van der Waals surface area contributed by atoms with Gasteiger partial charge in [0, 0.05) is 17.5 Å². The van der Waals surface area contributed by atoms with E-state index in [4.69, 9.17) is 0 Å². The first-order valence-corrected chi connectivity index (χ1v) is 6.53. The molecule has 1 fully saturated rings. The van der Waals surface area contributed by atoms with Gasteiger partial charge in [-0.1, -0.05) is 30.3 Å². The molecule has 20 heavy (non-hydrogen) atoms. The third-order valence-corrected chi connectivity index (χ3v) is 3.57. The highest BCUT2D eigenvalue weighted by Crippen LogP contribution is 2.40. The molecule has 0 radical (unpaired) electrons. The monoisotopic (exact) mass is 269 g/mol. The number of benzene rings is 2. The Hall–Kier alpha value is -2.49. The summed E-state index contributed by atoms with van der Waals surface area (Å²) in [6, 6.07) is 14.3. The standard InChI is InChI=1S/C16H15NO3/c18-14-7-6-11(8-15(14)19)16(20)17-13-9-12(13)10-4-2-1-3-5-10/h1-8,12-13,18-19H,9H2,(H,17,20). The lowest BCUT2D eigenvalue weighted by Gasteiger charge is -2.06. The summed E-state index contributed by atoms with van der Waals surface area (Å²) >= 11 is 0. The summed E-state index contributed by atoms with van der Waals surface area (Å²) in [4.78, 5) is 12.0. The number of aromatic hydroxyl groups is 2. The van der Waals surface area contributed by atoms with E-state index < -0.39 is 0 Å². The average molecular weight is 269 g/mol. The Morgan fingerprint density at radius 1 is 1.05 bits per heavy atom. The molecule has 1 amide bonds. The van der Waals surface area contributed by atoms with E-state index in [2.05, 4.69) is 17.4 Å². The number of carbonyl (C=O) groups excluding carboxylic acids is 1. The van der Waals surface area contributed by atoms with Crippen molar-refractivity contribution in [3.05, 3.63) is 59.7 Å². The van der Waals surface area contributed by atoms with Gasteiger partial charge >= 0.3 is 0 Å². The van der Waals surface area contributed by atoms with Crippen LogP contribution in [0.5, 0.6) is 11.5 Å². The Balaban J connectivity index is 1.65. The molecule has 2 aromatic rings. The molecule has 0 bridgehead atoms. The van der Waals surface area contributed by atoms with Crippen molar-refractivity contribution in [1.82, 2.24) is 5.32 Å². The Morgan fingerprint density at radius 2 is 1.80 bits per heavy atom. The highest BCUT2D eigenvalue weighted by molar-refractivity contribution is 5.95. The van der Waals surface area contributed by atoms with Crippen LogP contribution >= 0.6 is 0 Å². The van der Waals surface area contributed by atoms with E-state index in [-0.39, 0.29) is 23.4 Å².